The fourth-order valence-electron chi connectivity index (χ4n) is 2.60. The van der Waals surface area contributed by atoms with Gasteiger partial charge in [-0.05, 0) is 26.2 Å². The van der Waals surface area contributed by atoms with Gasteiger partial charge in [0.05, 0.1) is 39.5 Å². The average molecular weight is 379 g/mol. The number of carbonyl (C=O) groups is 1. The Kier molecular flexibility index (Phi) is 12.0. The van der Waals surface area contributed by atoms with Crippen LogP contribution in [0.3, 0.4) is 0 Å². The molecule has 0 atom stereocenters. The number of hydrogen-bond acceptors (Lipinski definition) is 4. The fourth-order valence-corrected chi connectivity index (χ4v) is 3.17. The number of rotatable bonds is 15. The van der Waals surface area contributed by atoms with Gasteiger partial charge in [-0.25, -0.2) is 4.79 Å². The van der Waals surface area contributed by atoms with E-state index in [0.29, 0.717) is 18.6 Å². The highest BCUT2D eigenvalue weighted by atomic mass is 32.2. The molecule has 0 saturated heterocycles. The number of hydrogen-bond donors (Lipinski definition) is 1. The first-order valence-electron chi connectivity index (χ1n) is 9.13. The third-order valence-electron chi connectivity index (χ3n) is 4.16. The van der Waals surface area contributed by atoms with Crippen molar-refractivity contribution in [2.24, 2.45) is 0 Å². The number of unbranched alkanes of at least 4 members (excludes halogenated alkanes) is 6. The molecule has 0 aromatic heterocycles. The van der Waals surface area contributed by atoms with Crippen molar-refractivity contribution in [1.82, 2.24) is 0 Å². The highest BCUT2D eigenvalue weighted by Gasteiger charge is 2.14. The zero-order valence-electron chi connectivity index (χ0n) is 16.1. The van der Waals surface area contributed by atoms with Crippen LogP contribution in [-0.2, 0) is 19.6 Å². The summed E-state index contributed by atoms with van der Waals surface area (Å²) in [5, 5.41) is 0. The van der Waals surface area contributed by atoms with Crippen LogP contribution in [0.5, 0.6) is 0 Å². The molecule has 0 radical (unpaired) electrons. The zero-order chi connectivity index (χ0) is 19.3. The predicted molar refractivity (Wildman–Crippen MR) is 101 cm³/mol. The molecule has 0 aromatic rings. The van der Waals surface area contributed by atoms with Gasteiger partial charge in [0.15, 0.2) is 0 Å². The predicted octanol–water partition coefficient (Wildman–Crippen LogP) is 3.19. The number of esters is 1. The second-order valence-electron chi connectivity index (χ2n) is 7.41. The van der Waals surface area contributed by atoms with Gasteiger partial charge in [0.1, 0.15) is 0 Å². The van der Waals surface area contributed by atoms with E-state index in [1.54, 1.807) is 6.92 Å². The smallest absolute Gasteiger partial charge is 0.333 e. The molecule has 0 saturated carbocycles. The summed E-state index contributed by atoms with van der Waals surface area (Å²) in [6, 6.07) is 0. The first kappa shape index (κ1) is 24.1. The van der Waals surface area contributed by atoms with Crippen molar-refractivity contribution in [3.05, 3.63) is 12.2 Å². The van der Waals surface area contributed by atoms with Crippen LogP contribution in [0.15, 0.2) is 12.2 Å². The summed E-state index contributed by atoms with van der Waals surface area (Å²) in [4.78, 5) is 11.3. The molecule has 0 amide bonds. The first-order valence-corrected chi connectivity index (χ1v) is 10.7. The van der Waals surface area contributed by atoms with Crippen LogP contribution in [0.1, 0.15) is 58.3 Å². The topological polar surface area (TPSA) is 80.7 Å². The Bertz CT molecular complexity index is 500. The standard InChI is InChI=1S/C18H35NO5S/c1-17(2)18(20)24-15-12-14-19(3,4)13-10-8-6-5-7-9-11-16-25(21,22)23/h1,5-16H2,2-4H3/p+1. The van der Waals surface area contributed by atoms with E-state index in [1.165, 1.54) is 6.42 Å². The molecule has 0 bridgehead atoms. The van der Waals surface area contributed by atoms with Gasteiger partial charge in [0.25, 0.3) is 10.1 Å². The quantitative estimate of drug-likeness (QED) is 0.156. The second-order valence-corrected chi connectivity index (χ2v) is 8.99. The molecule has 0 heterocycles. The minimum Gasteiger partial charge on any atom is -0.462 e. The lowest BCUT2D eigenvalue weighted by Crippen LogP contribution is -2.41. The Hall–Kier alpha value is -0.920. The molecule has 0 aliphatic rings. The van der Waals surface area contributed by atoms with E-state index < -0.39 is 10.1 Å². The van der Waals surface area contributed by atoms with Crippen molar-refractivity contribution < 1.29 is 27.0 Å². The Morgan fingerprint density at radius 2 is 1.44 bits per heavy atom. The highest BCUT2D eigenvalue weighted by Crippen LogP contribution is 2.10. The largest absolute Gasteiger partial charge is 0.462 e. The molecule has 0 aliphatic heterocycles. The maximum atomic E-state index is 11.3. The van der Waals surface area contributed by atoms with Crippen LogP contribution in [0.4, 0.5) is 0 Å². The van der Waals surface area contributed by atoms with Crippen LogP contribution >= 0.6 is 0 Å². The van der Waals surface area contributed by atoms with Crippen molar-refractivity contribution in [2.45, 2.75) is 58.3 Å². The Morgan fingerprint density at radius 1 is 0.960 bits per heavy atom. The molecular formula is C18H36NO5S+. The van der Waals surface area contributed by atoms with E-state index >= 15 is 0 Å². The van der Waals surface area contributed by atoms with E-state index in [9.17, 15) is 13.2 Å². The van der Waals surface area contributed by atoms with Crippen molar-refractivity contribution in [1.29, 1.82) is 0 Å². The fraction of sp³-hybridized carbons (Fsp3) is 0.833. The maximum absolute atomic E-state index is 11.3. The van der Waals surface area contributed by atoms with Gasteiger partial charge in [-0.2, -0.15) is 8.42 Å². The molecule has 0 rings (SSSR count). The normalized spacial score (nSPS) is 12.2. The third kappa shape index (κ3) is 16.3. The molecule has 0 fully saturated rings. The van der Waals surface area contributed by atoms with E-state index in [2.05, 4.69) is 20.7 Å². The summed E-state index contributed by atoms with van der Waals surface area (Å²) in [5.41, 5.74) is 0.437. The monoisotopic (exact) mass is 378 g/mol. The molecule has 6 nitrogen and oxygen atoms in total. The molecule has 0 spiro atoms. The molecule has 0 unspecified atom stereocenters. The molecule has 148 valence electrons. The molecular weight excluding hydrogens is 342 g/mol. The zero-order valence-corrected chi connectivity index (χ0v) is 16.9. The minimum atomic E-state index is -3.79. The molecule has 1 N–H and O–H groups in total. The summed E-state index contributed by atoms with van der Waals surface area (Å²) in [5.74, 6) is -0.442. The van der Waals surface area contributed by atoms with Gasteiger partial charge in [-0.3, -0.25) is 4.55 Å². The summed E-state index contributed by atoms with van der Waals surface area (Å²) < 4.78 is 35.8. The van der Waals surface area contributed by atoms with Crippen LogP contribution < -0.4 is 0 Å². The first-order chi connectivity index (χ1) is 11.5. The molecule has 0 aliphatic carbocycles. The van der Waals surface area contributed by atoms with Gasteiger partial charge < -0.3 is 9.22 Å². The van der Waals surface area contributed by atoms with Crippen molar-refractivity contribution in [3.63, 3.8) is 0 Å². The Balaban J connectivity index is 3.56. The second kappa shape index (κ2) is 12.4. The Labute approximate surface area is 153 Å². The minimum absolute atomic E-state index is 0.125. The number of ether oxygens (including phenoxy) is 1. The third-order valence-corrected chi connectivity index (χ3v) is 4.96. The van der Waals surface area contributed by atoms with Crippen molar-refractivity contribution >= 4 is 16.1 Å². The number of carbonyl (C=O) groups excluding carboxylic acids is 1. The Morgan fingerprint density at radius 3 is 1.96 bits per heavy atom. The van der Waals surface area contributed by atoms with E-state index in [4.69, 9.17) is 9.29 Å². The van der Waals surface area contributed by atoms with E-state index in [-0.39, 0.29) is 11.7 Å². The lowest BCUT2D eigenvalue weighted by molar-refractivity contribution is -0.890. The van der Waals surface area contributed by atoms with Crippen LogP contribution in [0, 0.1) is 0 Å². The van der Waals surface area contributed by atoms with Crippen molar-refractivity contribution in [2.75, 3.05) is 39.5 Å². The van der Waals surface area contributed by atoms with Crippen LogP contribution in [-0.4, -0.2) is 63.0 Å². The maximum Gasteiger partial charge on any atom is 0.333 e. The summed E-state index contributed by atoms with van der Waals surface area (Å²) in [6.45, 7) is 7.72. The number of nitrogens with zero attached hydrogens (tertiary/aromatic N) is 1. The lowest BCUT2D eigenvalue weighted by atomic mass is 10.1. The van der Waals surface area contributed by atoms with Gasteiger partial charge >= 0.3 is 5.97 Å². The summed E-state index contributed by atoms with van der Waals surface area (Å²) >= 11 is 0. The number of quaternary nitrogens is 1. The lowest BCUT2D eigenvalue weighted by Gasteiger charge is -2.29. The van der Waals surface area contributed by atoms with Gasteiger partial charge in [-0.15, -0.1) is 0 Å². The van der Waals surface area contributed by atoms with Crippen LogP contribution in [0.2, 0.25) is 0 Å². The summed E-state index contributed by atoms with van der Waals surface area (Å²) in [7, 11) is 0.586. The summed E-state index contributed by atoms with van der Waals surface area (Å²) in [6.07, 6.45) is 7.84. The molecule has 0 aromatic carbocycles. The molecule has 7 heteroatoms. The molecule has 25 heavy (non-hydrogen) atoms. The van der Waals surface area contributed by atoms with Crippen molar-refractivity contribution in [3.8, 4) is 0 Å². The van der Waals surface area contributed by atoms with Gasteiger partial charge in [0.2, 0.25) is 0 Å². The van der Waals surface area contributed by atoms with E-state index in [0.717, 1.165) is 56.1 Å². The van der Waals surface area contributed by atoms with Gasteiger partial charge in [0, 0.05) is 12.0 Å². The van der Waals surface area contributed by atoms with Crippen LogP contribution in [0.25, 0.3) is 0 Å². The average Bonchev–Trinajstić information content (AvgIpc) is 2.48. The van der Waals surface area contributed by atoms with Gasteiger partial charge in [-0.1, -0.05) is 32.3 Å². The highest BCUT2D eigenvalue weighted by molar-refractivity contribution is 7.85. The SMILES string of the molecule is C=C(C)C(=O)OCCC[N+](C)(C)CCCCCCCCCS(=O)(=O)O. The van der Waals surface area contributed by atoms with E-state index in [1.807, 2.05) is 0 Å².